The number of ether oxygens (including phenoxy) is 1. The van der Waals surface area contributed by atoms with E-state index in [1.54, 1.807) is 6.07 Å². The van der Waals surface area contributed by atoms with Crippen LogP contribution in [0.2, 0.25) is 0 Å². The molecule has 12 heteroatoms. The fourth-order valence-corrected chi connectivity index (χ4v) is 6.14. The van der Waals surface area contributed by atoms with E-state index in [0.717, 1.165) is 18.2 Å². The molecule has 7 nitrogen and oxygen atoms in total. The molecular formula is C24H25F4N3O4S. The Labute approximate surface area is 205 Å². The van der Waals surface area contributed by atoms with E-state index in [1.165, 1.54) is 10.9 Å². The number of halogens is 4. The highest BCUT2D eigenvalue weighted by Crippen LogP contribution is 2.38. The zero-order valence-electron chi connectivity index (χ0n) is 19.9. The van der Waals surface area contributed by atoms with E-state index < -0.39 is 33.2 Å². The van der Waals surface area contributed by atoms with E-state index in [9.17, 15) is 30.8 Å². The fourth-order valence-electron chi connectivity index (χ4n) is 4.33. The second-order valence-corrected chi connectivity index (χ2v) is 12.0. The number of aromatic nitrogens is 3. The van der Waals surface area contributed by atoms with Crippen LogP contribution in [0.3, 0.4) is 0 Å². The molecule has 1 fully saturated rings. The Kier molecular flexibility index (Phi) is 6.61. The summed E-state index contributed by atoms with van der Waals surface area (Å²) in [7, 11) is -3.08. The van der Waals surface area contributed by atoms with Crippen molar-refractivity contribution < 1.29 is 35.5 Å². The Morgan fingerprint density at radius 3 is 2.47 bits per heavy atom. The maximum atomic E-state index is 14.7. The van der Waals surface area contributed by atoms with Gasteiger partial charge in [-0.2, -0.15) is 5.10 Å². The van der Waals surface area contributed by atoms with Crippen molar-refractivity contribution in [3.8, 4) is 17.0 Å². The lowest BCUT2D eigenvalue weighted by Gasteiger charge is -2.32. The van der Waals surface area contributed by atoms with Crippen LogP contribution in [0.5, 0.6) is 5.75 Å². The van der Waals surface area contributed by atoms with Gasteiger partial charge in [0.05, 0.1) is 17.0 Å². The Morgan fingerprint density at radius 2 is 1.86 bits per heavy atom. The van der Waals surface area contributed by atoms with E-state index in [2.05, 4.69) is 14.8 Å². The molecule has 0 N–H and O–H groups in total. The summed E-state index contributed by atoms with van der Waals surface area (Å²) in [5, 5.41) is 4.40. The quantitative estimate of drug-likeness (QED) is 0.310. The average molecular weight is 528 g/mol. The minimum Gasteiger partial charge on any atom is -0.406 e. The van der Waals surface area contributed by atoms with Crippen LogP contribution in [0.1, 0.15) is 56.4 Å². The molecule has 2 aromatic heterocycles. The number of hydrogen-bond acceptors (Lipinski definition) is 6. The lowest BCUT2D eigenvalue weighted by atomic mass is 9.78. The van der Waals surface area contributed by atoms with Crippen LogP contribution in [-0.4, -0.2) is 46.8 Å². The number of ketones is 1. The Balaban J connectivity index is 1.71. The SMILES string of the molecule is CC(C)n1nc(-c2cc(OC(F)(F)F)ccc2F)c2ncc(C(=O)CC3(C)CCS(=O)(=O)CC3)cc21. The Morgan fingerprint density at radius 1 is 1.19 bits per heavy atom. The fraction of sp³-hybridized carbons (Fsp3) is 0.458. The third-order valence-electron chi connectivity index (χ3n) is 6.40. The molecule has 1 aliphatic rings. The third-order valence-corrected chi connectivity index (χ3v) is 8.06. The molecule has 1 saturated heterocycles. The average Bonchev–Trinajstić information content (AvgIpc) is 3.15. The van der Waals surface area contributed by atoms with E-state index >= 15 is 0 Å². The molecule has 0 radical (unpaired) electrons. The van der Waals surface area contributed by atoms with Gasteiger partial charge in [-0.05, 0) is 56.4 Å². The van der Waals surface area contributed by atoms with Crippen LogP contribution in [-0.2, 0) is 9.84 Å². The third kappa shape index (κ3) is 5.53. The van der Waals surface area contributed by atoms with Crippen LogP contribution >= 0.6 is 0 Å². The summed E-state index contributed by atoms with van der Waals surface area (Å²) in [5.74, 6) is -1.53. The van der Waals surface area contributed by atoms with Gasteiger partial charge in [0.1, 0.15) is 32.6 Å². The van der Waals surface area contributed by atoms with E-state index in [-0.39, 0.29) is 46.5 Å². The number of fused-ring (bicyclic) bond motifs is 1. The highest BCUT2D eigenvalue weighted by molar-refractivity contribution is 7.91. The van der Waals surface area contributed by atoms with Gasteiger partial charge in [-0.3, -0.25) is 14.5 Å². The van der Waals surface area contributed by atoms with Crippen molar-refractivity contribution >= 4 is 26.7 Å². The molecule has 0 saturated carbocycles. The van der Waals surface area contributed by atoms with Crippen molar-refractivity contribution in [3.63, 3.8) is 0 Å². The maximum absolute atomic E-state index is 14.7. The van der Waals surface area contributed by atoms with Crippen LogP contribution in [0.15, 0.2) is 30.5 Å². The summed E-state index contributed by atoms with van der Waals surface area (Å²) in [4.78, 5) is 17.4. The van der Waals surface area contributed by atoms with E-state index in [4.69, 9.17) is 0 Å². The predicted octanol–water partition coefficient (Wildman–Crippen LogP) is 5.50. The van der Waals surface area contributed by atoms with Gasteiger partial charge >= 0.3 is 6.36 Å². The first-order valence-corrected chi connectivity index (χ1v) is 13.2. The molecule has 1 aliphatic heterocycles. The number of carbonyl (C=O) groups is 1. The standard InChI is InChI=1S/C24H25F4N3O4S/c1-14(2)31-19-10-15(20(32)12-23(3)6-8-36(33,34)9-7-23)13-29-22(19)21(30-31)17-11-16(4-5-18(17)25)35-24(26,27)28/h4-5,10-11,13-14H,6-9,12H2,1-3H3. The second kappa shape index (κ2) is 9.13. The van der Waals surface area contributed by atoms with Gasteiger partial charge in [0, 0.05) is 29.8 Å². The van der Waals surface area contributed by atoms with Gasteiger partial charge in [0.15, 0.2) is 5.78 Å². The molecule has 194 valence electrons. The first-order valence-electron chi connectivity index (χ1n) is 11.3. The van der Waals surface area contributed by atoms with Crippen molar-refractivity contribution in [1.29, 1.82) is 0 Å². The van der Waals surface area contributed by atoms with Crippen molar-refractivity contribution in [3.05, 3.63) is 41.8 Å². The normalized spacial score (nSPS) is 17.4. The number of nitrogens with zero attached hydrogens (tertiary/aromatic N) is 3. The highest BCUT2D eigenvalue weighted by atomic mass is 32.2. The maximum Gasteiger partial charge on any atom is 0.573 e. The lowest BCUT2D eigenvalue weighted by molar-refractivity contribution is -0.274. The predicted molar refractivity (Wildman–Crippen MR) is 125 cm³/mol. The van der Waals surface area contributed by atoms with Gasteiger partial charge in [0.2, 0.25) is 0 Å². The number of Topliss-reactive ketones (excluding diaryl/α,β-unsaturated/α-hetero) is 1. The Bertz CT molecular complexity index is 1420. The molecule has 0 spiro atoms. The van der Waals surface area contributed by atoms with Gasteiger partial charge in [-0.1, -0.05) is 6.92 Å². The number of hydrogen-bond donors (Lipinski definition) is 0. The zero-order valence-corrected chi connectivity index (χ0v) is 20.7. The molecule has 36 heavy (non-hydrogen) atoms. The summed E-state index contributed by atoms with van der Waals surface area (Å²) in [6.07, 6.45) is -2.69. The molecule has 0 unspecified atom stereocenters. The van der Waals surface area contributed by atoms with E-state index in [0.29, 0.717) is 23.9 Å². The molecule has 4 rings (SSSR count). The summed E-state index contributed by atoms with van der Waals surface area (Å²) in [5.41, 5.74) is 0.279. The summed E-state index contributed by atoms with van der Waals surface area (Å²) >= 11 is 0. The summed E-state index contributed by atoms with van der Waals surface area (Å²) in [6, 6.07) is 3.99. The number of rotatable bonds is 6. The van der Waals surface area contributed by atoms with Gasteiger partial charge in [-0.25, -0.2) is 12.8 Å². The van der Waals surface area contributed by atoms with Crippen LogP contribution in [0, 0.1) is 11.2 Å². The summed E-state index contributed by atoms with van der Waals surface area (Å²) in [6.45, 7) is 5.52. The first kappa shape index (κ1) is 26.1. The van der Waals surface area contributed by atoms with Gasteiger partial charge in [-0.15, -0.1) is 13.2 Å². The molecule has 3 heterocycles. The number of sulfone groups is 1. The number of alkyl halides is 3. The number of benzene rings is 1. The van der Waals surface area contributed by atoms with Gasteiger partial charge < -0.3 is 4.74 Å². The zero-order chi connectivity index (χ0) is 26.5. The molecule has 0 bridgehead atoms. The molecule has 3 aromatic rings. The second-order valence-electron chi connectivity index (χ2n) is 9.73. The highest BCUT2D eigenvalue weighted by Gasteiger charge is 2.35. The smallest absolute Gasteiger partial charge is 0.406 e. The Hall–Kier alpha value is -3.02. The van der Waals surface area contributed by atoms with Crippen LogP contribution < -0.4 is 4.74 Å². The van der Waals surface area contributed by atoms with Crippen LogP contribution in [0.25, 0.3) is 22.3 Å². The van der Waals surface area contributed by atoms with Crippen molar-refractivity contribution in [2.75, 3.05) is 11.5 Å². The van der Waals surface area contributed by atoms with E-state index in [1.807, 2.05) is 20.8 Å². The molecular weight excluding hydrogens is 502 g/mol. The molecule has 0 amide bonds. The van der Waals surface area contributed by atoms with Crippen LogP contribution in [0.4, 0.5) is 17.6 Å². The topological polar surface area (TPSA) is 91.2 Å². The first-order chi connectivity index (χ1) is 16.7. The monoisotopic (exact) mass is 527 g/mol. The van der Waals surface area contributed by atoms with Crippen molar-refractivity contribution in [2.24, 2.45) is 5.41 Å². The van der Waals surface area contributed by atoms with Crippen molar-refractivity contribution in [2.45, 2.75) is 52.4 Å². The number of pyridine rings is 1. The van der Waals surface area contributed by atoms with Gasteiger partial charge in [0.25, 0.3) is 0 Å². The number of carbonyl (C=O) groups excluding carboxylic acids is 1. The molecule has 1 aromatic carbocycles. The lowest BCUT2D eigenvalue weighted by Crippen LogP contribution is -2.33. The minimum atomic E-state index is -4.94. The molecule has 0 atom stereocenters. The summed E-state index contributed by atoms with van der Waals surface area (Å²) < 4.78 is 81.7. The van der Waals surface area contributed by atoms with Crippen molar-refractivity contribution in [1.82, 2.24) is 14.8 Å². The largest absolute Gasteiger partial charge is 0.573 e. The molecule has 0 aliphatic carbocycles. The minimum absolute atomic E-state index is 0.0206.